The highest BCUT2D eigenvalue weighted by molar-refractivity contribution is 6.05. The van der Waals surface area contributed by atoms with Crippen molar-refractivity contribution in [3.63, 3.8) is 0 Å². The lowest BCUT2D eigenvalue weighted by Crippen LogP contribution is -2.43. The fraction of sp³-hybridized carbons (Fsp3) is 0.400. The minimum absolute atomic E-state index is 0.197. The summed E-state index contributed by atoms with van der Waals surface area (Å²) in [7, 11) is 1.43. The number of rotatable bonds is 6. The second-order valence-electron chi connectivity index (χ2n) is 4.69. The zero-order valence-electron chi connectivity index (χ0n) is 13.0. The standard InChI is InChI=1S/C15H19N3O5/c1-4-6-23-18-10-8-16-13(15(20)22-5-2)9-7-11(21-3)17-14(19)12(9)10/h4,7,13,16H,1,5-6,8H2,2-3H3,(H,17,19)/b18-10+. The van der Waals surface area contributed by atoms with E-state index in [2.05, 4.69) is 22.0 Å². The molecule has 0 fully saturated rings. The number of hydrogen-bond donors (Lipinski definition) is 2. The predicted octanol–water partition coefficient (Wildman–Crippen LogP) is 0.498. The minimum Gasteiger partial charge on any atom is -0.482 e. The molecule has 0 saturated heterocycles. The lowest BCUT2D eigenvalue weighted by Gasteiger charge is -2.25. The Morgan fingerprint density at radius 1 is 1.57 bits per heavy atom. The van der Waals surface area contributed by atoms with E-state index in [4.69, 9.17) is 14.3 Å². The van der Waals surface area contributed by atoms with E-state index in [9.17, 15) is 9.59 Å². The van der Waals surface area contributed by atoms with Gasteiger partial charge in [0.15, 0.2) is 5.88 Å². The minimum atomic E-state index is -0.764. The molecular formula is C15H19N3O5. The largest absolute Gasteiger partial charge is 0.482 e. The number of fused-ring (bicyclic) bond motifs is 1. The number of hydrogen-bond acceptors (Lipinski definition) is 7. The molecule has 0 aliphatic carbocycles. The summed E-state index contributed by atoms with van der Waals surface area (Å²) >= 11 is 0. The van der Waals surface area contributed by atoms with Gasteiger partial charge in [-0.15, -0.1) is 0 Å². The van der Waals surface area contributed by atoms with Gasteiger partial charge in [0.1, 0.15) is 18.4 Å². The van der Waals surface area contributed by atoms with Crippen LogP contribution < -0.4 is 15.6 Å². The summed E-state index contributed by atoms with van der Waals surface area (Å²) in [5, 5.41) is 6.94. The van der Waals surface area contributed by atoms with Crippen LogP contribution >= 0.6 is 0 Å². The van der Waals surface area contributed by atoms with Crippen LogP contribution in [0, 0.1) is 0 Å². The fourth-order valence-corrected chi connectivity index (χ4v) is 2.27. The van der Waals surface area contributed by atoms with Crippen molar-refractivity contribution in [1.29, 1.82) is 0 Å². The molecule has 2 rings (SSSR count). The molecule has 8 nitrogen and oxygen atoms in total. The van der Waals surface area contributed by atoms with Crippen molar-refractivity contribution in [2.45, 2.75) is 13.0 Å². The zero-order valence-corrected chi connectivity index (χ0v) is 13.0. The maximum absolute atomic E-state index is 12.3. The molecule has 1 aliphatic heterocycles. The van der Waals surface area contributed by atoms with E-state index in [1.54, 1.807) is 19.1 Å². The number of aromatic amines is 1. The Morgan fingerprint density at radius 2 is 2.35 bits per heavy atom. The first-order valence-corrected chi connectivity index (χ1v) is 7.13. The number of pyridine rings is 1. The molecule has 1 atom stereocenters. The SMILES string of the molecule is C=CCO/N=C1\CNC(C(=O)OCC)c2cc(OC)[nH]c(=O)c21. The number of nitrogens with one attached hydrogen (secondary N) is 2. The maximum atomic E-state index is 12.3. The third-order valence-electron chi connectivity index (χ3n) is 3.22. The Hall–Kier alpha value is -2.61. The third-order valence-corrected chi connectivity index (χ3v) is 3.22. The first-order valence-electron chi connectivity index (χ1n) is 7.13. The third kappa shape index (κ3) is 3.59. The topological polar surface area (TPSA) is 102 Å². The number of aromatic nitrogens is 1. The smallest absolute Gasteiger partial charge is 0.327 e. The molecule has 0 amide bonds. The molecule has 1 aromatic heterocycles. The van der Waals surface area contributed by atoms with Crippen molar-refractivity contribution in [2.24, 2.45) is 5.16 Å². The van der Waals surface area contributed by atoms with Gasteiger partial charge in [-0.05, 0) is 6.92 Å². The van der Waals surface area contributed by atoms with Gasteiger partial charge in [-0.25, -0.2) is 4.79 Å². The van der Waals surface area contributed by atoms with Crippen molar-refractivity contribution in [1.82, 2.24) is 10.3 Å². The normalized spacial score (nSPS) is 18.2. The van der Waals surface area contributed by atoms with Gasteiger partial charge in [0.2, 0.25) is 0 Å². The summed E-state index contributed by atoms with van der Waals surface area (Å²) in [4.78, 5) is 32.1. The van der Waals surface area contributed by atoms with Crippen LogP contribution in [0.15, 0.2) is 28.7 Å². The number of esters is 1. The highest BCUT2D eigenvalue weighted by Gasteiger charge is 2.33. The molecule has 2 heterocycles. The average Bonchev–Trinajstić information content (AvgIpc) is 2.54. The Balaban J connectivity index is 2.50. The van der Waals surface area contributed by atoms with E-state index in [-0.39, 0.29) is 31.2 Å². The highest BCUT2D eigenvalue weighted by atomic mass is 16.6. The van der Waals surface area contributed by atoms with Gasteiger partial charge in [-0.2, -0.15) is 0 Å². The van der Waals surface area contributed by atoms with Gasteiger partial charge in [-0.3, -0.25) is 15.1 Å². The molecule has 1 aromatic rings. The molecule has 0 radical (unpaired) electrons. The number of oxime groups is 1. The van der Waals surface area contributed by atoms with Crippen LogP contribution in [-0.4, -0.2) is 43.5 Å². The van der Waals surface area contributed by atoms with Crippen molar-refractivity contribution in [3.8, 4) is 5.88 Å². The van der Waals surface area contributed by atoms with E-state index in [0.717, 1.165) is 0 Å². The van der Waals surface area contributed by atoms with Gasteiger partial charge in [0.25, 0.3) is 5.56 Å². The van der Waals surface area contributed by atoms with Crippen molar-refractivity contribution in [2.75, 3.05) is 26.9 Å². The molecule has 0 saturated carbocycles. The van der Waals surface area contributed by atoms with E-state index in [1.807, 2.05) is 0 Å². The lowest BCUT2D eigenvalue weighted by molar-refractivity contribution is -0.145. The Labute approximate surface area is 133 Å². The molecule has 1 unspecified atom stereocenters. The maximum Gasteiger partial charge on any atom is 0.327 e. The molecule has 124 valence electrons. The van der Waals surface area contributed by atoms with Crippen LogP contribution in [0.25, 0.3) is 0 Å². The number of nitrogens with zero attached hydrogens (tertiary/aromatic N) is 1. The van der Waals surface area contributed by atoms with Crippen LogP contribution in [0.5, 0.6) is 5.88 Å². The highest BCUT2D eigenvalue weighted by Crippen LogP contribution is 2.24. The summed E-state index contributed by atoms with van der Waals surface area (Å²) in [6, 6.07) is 0.813. The molecule has 8 heteroatoms. The Morgan fingerprint density at radius 3 is 3.00 bits per heavy atom. The summed E-state index contributed by atoms with van der Waals surface area (Å²) in [5.41, 5.74) is 0.713. The summed E-state index contributed by atoms with van der Waals surface area (Å²) in [6.07, 6.45) is 1.54. The summed E-state index contributed by atoms with van der Waals surface area (Å²) in [6.45, 7) is 5.91. The molecular weight excluding hydrogens is 302 g/mol. The number of carbonyl (C=O) groups is 1. The summed E-state index contributed by atoms with van der Waals surface area (Å²) in [5.74, 6) is -0.217. The van der Waals surface area contributed by atoms with Gasteiger partial charge >= 0.3 is 5.97 Å². The number of H-pyrrole nitrogens is 1. The number of carbonyl (C=O) groups excluding carboxylic acids is 1. The first kappa shape index (κ1) is 16.8. The van der Waals surface area contributed by atoms with Crippen LogP contribution in [-0.2, 0) is 14.4 Å². The molecule has 0 spiro atoms. The molecule has 1 aliphatic rings. The Bertz CT molecular complexity index is 680. The van der Waals surface area contributed by atoms with E-state index in [0.29, 0.717) is 11.3 Å². The number of ether oxygens (including phenoxy) is 2. The molecule has 2 N–H and O–H groups in total. The Kier molecular flexibility index (Phi) is 5.53. The molecule has 0 aromatic carbocycles. The fourth-order valence-electron chi connectivity index (χ4n) is 2.27. The van der Waals surface area contributed by atoms with Gasteiger partial charge in [0, 0.05) is 18.2 Å². The summed E-state index contributed by atoms with van der Waals surface area (Å²) < 4.78 is 10.1. The van der Waals surface area contributed by atoms with Crippen LogP contribution in [0.3, 0.4) is 0 Å². The van der Waals surface area contributed by atoms with Crippen LogP contribution in [0.1, 0.15) is 24.1 Å². The van der Waals surface area contributed by atoms with E-state index in [1.165, 1.54) is 7.11 Å². The number of methoxy groups -OCH3 is 1. The quantitative estimate of drug-likeness (QED) is 0.342. The van der Waals surface area contributed by atoms with Gasteiger partial charge in [-0.1, -0.05) is 17.8 Å². The predicted molar refractivity (Wildman–Crippen MR) is 83.7 cm³/mol. The van der Waals surface area contributed by atoms with Gasteiger partial charge in [0.05, 0.1) is 19.3 Å². The van der Waals surface area contributed by atoms with Crippen molar-refractivity contribution < 1.29 is 19.1 Å². The van der Waals surface area contributed by atoms with E-state index >= 15 is 0 Å². The van der Waals surface area contributed by atoms with Crippen molar-refractivity contribution >= 4 is 11.7 Å². The monoisotopic (exact) mass is 321 g/mol. The molecule has 0 bridgehead atoms. The van der Waals surface area contributed by atoms with Crippen LogP contribution in [0.2, 0.25) is 0 Å². The van der Waals surface area contributed by atoms with Gasteiger partial charge < -0.3 is 14.3 Å². The second-order valence-corrected chi connectivity index (χ2v) is 4.69. The lowest BCUT2D eigenvalue weighted by atomic mass is 9.94. The van der Waals surface area contributed by atoms with E-state index < -0.39 is 17.6 Å². The average molecular weight is 321 g/mol. The second kappa shape index (κ2) is 7.59. The zero-order chi connectivity index (χ0) is 16.8. The van der Waals surface area contributed by atoms with Crippen molar-refractivity contribution in [3.05, 3.63) is 40.2 Å². The molecule has 23 heavy (non-hydrogen) atoms. The first-order chi connectivity index (χ1) is 11.1. The van der Waals surface area contributed by atoms with Crippen LogP contribution in [0.4, 0.5) is 0 Å².